The first-order valence-corrected chi connectivity index (χ1v) is 17.1. The number of amides is 1. The van der Waals surface area contributed by atoms with Gasteiger partial charge in [-0.1, -0.05) is 115 Å². The number of unbranched alkanes of at least 4 members (excludes halogenated alkanes) is 15. The van der Waals surface area contributed by atoms with Crippen molar-refractivity contribution in [3.8, 4) is 0 Å². The number of hydrogen-bond donors (Lipinski definition) is 2. The Bertz CT molecular complexity index is 743. The van der Waals surface area contributed by atoms with Gasteiger partial charge in [0.25, 0.3) is 0 Å². The van der Waals surface area contributed by atoms with E-state index < -0.39 is 5.97 Å². The van der Waals surface area contributed by atoms with E-state index in [1.807, 2.05) is 6.08 Å². The highest BCUT2D eigenvalue weighted by Gasteiger charge is 2.11. The largest absolute Gasteiger partial charge is 0.480 e. The van der Waals surface area contributed by atoms with Gasteiger partial charge in [0.05, 0.1) is 0 Å². The Morgan fingerprint density at radius 3 is 1.86 bits per heavy atom. The summed E-state index contributed by atoms with van der Waals surface area (Å²) in [5.41, 5.74) is 0. The van der Waals surface area contributed by atoms with Crippen LogP contribution in [0.25, 0.3) is 0 Å². The Kier molecular flexibility index (Phi) is 29.8. The van der Waals surface area contributed by atoms with E-state index in [1.54, 1.807) is 0 Å². The minimum Gasteiger partial charge on any atom is -0.480 e. The first-order valence-electron chi connectivity index (χ1n) is 17.1. The third kappa shape index (κ3) is 30.6. The summed E-state index contributed by atoms with van der Waals surface area (Å²) < 4.78 is 5.82. The molecule has 0 saturated heterocycles. The maximum absolute atomic E-state index is 12.5. The summed E-state index contributed by atoms with van der Waals surface area (Å²) in [6.07, 6.45) is 37.1. The van der Waals surface area contributed by atoms with Gasteiger partial charge in [0.1, 0.15) is 12.6 Å². The number of carbonyl (C=O) groups is 3. The highest BCUT2D eigenvalue weighted by atomic mass is 16.5. The molecule has 1 atom stereocenters. The van der Waals surface area contributed by atoms with Crippen LogP contribution in [-0.4, -0.2) is 35.6 Å². The maximum atomic E-state index is 12.5. The molecule has 6 nitrogen and oxygen atoms in total. The zero-order chi connectivity index (χ0) is 30.9. The fraction of sp³-hybridized carbons (Fsp3) is 0.750. The van der Waals surface area contributed by atoms with Gasteiger partial charge in [0.15, 0.2) is 0 Å². The number of rotatable bonds is 30. The number of esters is 1. The normalized spacial score (nSPS) is 12.4. The average Bonchev–Trinajstić information content (AvgIpc) is 2.97. The Hall–Kier alpha value is -2.37. The number of carboxylic acid groups (broad SMARTS) is 1. The van der Waals surface area contributed by atoms with Crippen LogP contribution < -0.4 is 5.32 Å². The molecule has 0 aliphatic heterocycles. The lowest BCUT2D eigenvalue weighted by molar-refractivity contribution is -0.147. The third-order valence-corrected chi connectivity index (χ3v) is 7.25. The van der Waals surface area contributed by atoms with Gasteiger partial charge in [-0.05, 0) is 70.3 Å². The number of carboxylic acids is 1. The van der Waals surface area contributed by atoms with Crippen molar-refractivity contribution in [3.63, 3.8) is 0 Å². The fourth-order valence-corrected chi connectivity index (χ4v) is 4.70. The zero-order valence-corrected chi connectivity index (χ0v) is 27.1. The number of allylic oxidation sites excluding steroid dienone is 5. The molecule has 1 unspecified atom stereocenters. The summed E-state index contributed by atoms with van der Waals surface area (Å²) in [7, 11) is 0. The van der Waals surface area contributed by atoms with Crippen molar-refractivity contribution >= 4 is 17.8 Å². The van der Waals surface area contributed by atoms with Gasteiger partial charge in [0, 0.05) is 12.8 Å². The Balaban J connectivity index is 4.10. The molecule has 0 fully saturated rings. The van der Waals surface area contributed by atoms with Gasteiger partial charge in [-0.3, -0.25) is 14.4 Å². The van der Waals surface area contributed by atoms with Gasteiger partial charge in [0.2, 0.25) is 5.91 Å². The highest BCUT2D eigenvalue weighted by Crippen LogP contribution is 2.14. The molecule has 6 heteroatoms. The second kappa shape index (κ2) is 31.6. The zero-order valence-electron chi connectivity index (χ0n) is 27.1. The molecule has 0 aromatic heterocycles. The molecule has 0 radical (unpaired) electrons. The van der Waals surface area contributed by atoms with E-state index in [0.29, 0.717) is 12.8 Å². The second-order valence-corrected chi connectivity index (χ2v) is 11.4. The quantitative estimate of drug-likeness (QED) is 0.0494. The minimum atomic E-state index is -1.03. The van der Waals surface area contributed by atoms with Crippen LogP contribution in [0.15, 0.2) is 36.5 Å². The SMILES string of the molecule is CCC/C=C\C/C=C\C(CCCCCCC(=O)NCC(=O)O)OC(=O)CCCCCCC/C=C\CCCCCCCC. The first-order chi connectivity index (χ1) is 20.5. The molecule has 0 aliphatic rings. The summed E-state index contributed by atoms with van der Waals surface area (Å²) in [5, 5.41) is 11.0. The highest BCUT2D eigenvalue weighted by molar-refractivity contribution is 5.80. The van der Waals surface area contributed by atoms with E-state index in [2.05, 4.69) is 49.5 Å². The molecule has 1 amide bonds. The Labute approximate surface area is 257 Å². The predicted molar refractivity (Wildman–Crippen MR) is 175 cm³/mol. The molecule has 0 aliphatic carbocycles. The van der Waals surface area contributed by atoms with Crippen molar-refractivity contribution < 1.29 is 24.2 Å². The van der Waals surface area contributed by atoms with Crippen LogP contribution in [0.1, 0.15) is 162 Å². The fourth-order valence-electron chi connectivity index (χ4n) is 4.70. The van der Waals surface area contributed by atoms with E-state index in [-0.39, 0.29) is 24.5 Å². The molecule has 0 rings (SSSR count). The Morgan fingerprint density at radius 1 is 0.643 bits per heavy atom. The summed E-state index contributed by atoms with van der Waals surface area (Å²) in [6.45, 7) is 4.09. The molecule has 0 aromatic carbocycles. The lowest BCUT2D eigenvalue weighted by Gasteiger charge is -2.14. The van der Waals surface area contributed by atoms with E-state index in [4.69, 9.17) is 9.84 Å². The summed E-state index contributed by atoms with van der Waals surface area (Å²) in [5.74, 6) is -1.37. The van der Waals surface area contributed by atoms with E-state index in [9.17, 15) is 14.4 Å². The van der Waals surface area contributed by atoms with Crippen molar-refractivity contribution in [2.24, 2.45) is 0 Å². The van der Waals surface area contributed by atoms with Gasteiger partial charge in [-0.2, -0.15) is 0 Å². The average molecular weight is 590 g/mol. The van der Waals surface area contributed by atoms with Crippen molar-refractivity contribution in [1.29, 1.82) is 0 Å². The van der Waals surface area contributed by atoms with Crippen molar-refractivity contribution in [3.05, 3.63) is 36.5 Å². The maximum Gasteiger partial charge on any atom is 0.322 e. The van der Waals surface area contributed by atoms with Crippen LogP contribution in [-0.2, 0) is 19.1 Å². The molecule has 0 heterocycles. The predicted octanol–water partition coefficient (Wildman–Crippen LogP) is 9.78. The van der Waals surface area contributed by atoms with Crippen LogP contribution in [0.5, 0.6) is 0 Å². The van der Waals surface area contributed by atoms with Crippen LogP contribution in [0.3, 0.4) is 0 Å². The molecule has 0 bridgehead atoms. The molecule has 0 saturated carbocycles. The second-order valence-electron chi connectivity index (χ2n) is 11.4. The third-order valence-electron chi connectivity index (χ3n) is 7.25. The number of hydrogen-bond acceptors (Lipinski definition) is 4. The summed E-state index contributed by atoms with van der Waals surface area (Å²) in [4.78, 5) is 34.7. The topological polar surface area (TPSA) is 92.7 Å². The van der Waals surface area contributed by atoms with Crippen molar-refractivity contribution in [2.75, 3.05) is 6.54 Å². The monoisotopic (exact) mass is 589 g/mol. The van der Waals surface area contributed by atoms with E-state index in [0.717, 1.165) is 70.6 Å². The van der Waals surface area contributed by atoms with Crippen molar-refractivity contribution in [1.82, 2.24) is 5.32 Å². The van der Waals surface area contributed by atoms with Crippen LogP contribution >= 0.6 is 0 Å². The Morgan fingerprint density at radius 2 is 1.21 bits per heavy atom. The number of ether oxygens (including phenoxy) is 1. The minimum absolute atomic E-state index is 0.112. The summed E-state index contributed by atoms with van der Waals surface area (Å²) in [6, 6.07) is 0. The number of aliphatic carboxylic acids is 1. The van der Waals surface area contributed by atoms with Gasteiger partial charge in [-0.15, -0.1) is 0 Å². The summed E-state index contributed by atoms with van der Waals surface area (Å²) >= 11 is 0. The molecule has 42 heavy (non-hydrogen) atoms. The van der Waals surface area contributed by atoms with E-state index >= 15 is 0 Å². The molecular formula is C36H63NO5. The smallest absolute Gasteiger partial charge is 0.322 e. The number of nitrogens with one attached hydrogen (secondary N) is 1. The van der Waals surface area contributed by atoms with Crippen molar-refractivity contribution in [2.45, 2.75) is 168 Å². The molecule has 242 valence electrons. The molecular weight excluding hydrogens is 526 g/mol. The number of carbonyl (C=O) groups excluding carboxylic acids is 2. The van der Waals surface area contributed by atoms with Crippen LogP contribution in [0.4, 0.5) is 0 Å². The molecule has 2 N–H and O–H groups in total. The molecule has 0 spiro atoms. The van der Waals surface area contributed by atoms with Gasteiger partial charge >= 0.3 is 11.9 Å². The lowest BCUT2D eigenvalue weighted by atomic mass is 10.1. The van der Waals surface area contributed by atoms with Gasteiger partial charge in [-0.25, -0.2) is 0 Å². The van der Waals surface area contributed by atoms with E-state index in [1.165, 1.54) is 64.2 Å². The molecule has 0 aromatic rings. The lowest BCUT2D eigenvalue weighted by Crippen LogP contribution is -2.28. The first kappa shape index (κ1) is 39.6. The van der Waals surface area contributed by atoms with Crippen LogP contribution in [0.2, 0.25) is 0 Å². The van der Waals surface area contributed by atoms with Gasteiger partial charge < -0.3 is 15.2 Å². The van der Waals surface area contributed by atoms with Crippen LogP contribution in [0, 0.1) is 0 Å². The standard InChI is InChI=1S/C36H63NO5/c1-3-5-7-9-11-12-13-14-15-16-17-18-19-21-27-31-36(41)42-33(28-24-20-10-8-6-4-2)29-25-22-23-26-30-34(38)37-32-35(39)40/h8,10,14-15,24,28,33H,3-7,9,11-13,16-23,25-27,29-32H2,1-2H3,(H,37,38)(H,39,40)/b10-8-,15-14-,28-24-.